The van der Waals surface area contributed by atoms with Gasteiger partial charge in [-0.15, -0.1) is 0 Å². The summed E-state index contributed by atoms with van der Waals surface area (Å²) in [4.78, 5) is 24.2. The van der Waals surface area contributed by atoms with E-state index in [1.165, 1.54) is 4.98 Å². The first kappa shape index (κ1) is 21.0. The van der Waals surface area contributed by atoms with Gasteiger partial charge in [-0.2, -0.15) is 48.3 Å². The van der Waals surface area contributed by atoms with Crippen LogP contribution in [0.4, 0.5) is 48.3 Å². The van der Waals surface area contributed by atoms with E-state index in [2.05, 4.69) is 0 Å². The minimum atomic E-state index is -7.64. The van der Waals surface area contributed by atoms with Gasteiger partial charge in [0, 0.05) is 5.69 Å². The summed E-state index contributed by atoms with van der Waals surface area (Å²) >= 11 is 0. The van der Waals surface area contributed by atoms with Crippen LogP contribution in [0.15, 0.2) is 9.59 Å². The Labute approximate surface area is 128 Å². The van der Waals surface area contributed by atoms with E-state index in [-0.39, 0.29) is 0 Å². The normalized spacial score (nSPS) is 14.7. The minimum Gasteiger partial charge on any atom is -0.311 e. The third-order valence-corrected chi connectivity index (χ3v) is 2.98. The molecule has 0 spiro atoms. The van der Waals surface area contributed by atoms with Crippen molar-refractivity contribution in [2.45, 2.75) is 36.8 Å². The molecule has 1 aromatic rings. The molecule has 0 aromatic carbocycles. The molecular formula is C10H5F11N2O2. The number of hydrogen-bond donors (Lipinski definition) is 2. The fourth-order valence-electron chi connectivity index (χ4n) is 1.71. The lowest BCUT2D eigenvalue weighted by molar-refractivity contribution is -0.424. The van der Waals surface area contributed by atoms with Crippen molar-refractivity contribution in [3.05, 3.63) is 32.1 Å². The number of H-pyrrole nitrogens is 2. The highest BCUT2D eigenvalue weighted by Gasteiger charge is 2.87. The number of aromatic nitrogens is 2. The zero-order valence-corrected chi connectivity index (χ0v) is 11.5. The zero-order chi connectivity index (χ0) is 20.2. The summed E-state index contributed by atoms with van der Waals surface area (Å²) in [5.74, 6) is -29.1. The standard InChI is InChI=1S/C10H5F11N2O2/c1-2-3(4(24)23-5(25)22-2)6(11,12)7(13,14)8(15,16)9(17,18)10(19,20)21/h1H3,(H2,22,23,24,25). The smallest absolute Gasteiger partial charge is 0.311 e. The molecule has 4 nitrogen and oxygen atoms in total. The highest BCUT2D eigenvalue weighted by Crippen LogP contribution is 2.59. The summed E-state index contributed by atoms with van der Waals surface area (Å²) in [7, 11) is 0. The first-order chi connectivity index (χ1) is 10.8. The van der Waals surface area contributed by atoms with Crippen LogP contribution in [0.3, 0.4) is 0 Å². The molecule has 0 radical (unpaired) electrons. The molecule has 0 atom stereocenters. The van der Waals surface area contributed by atoms with Crippen molar-refractivity contribution in [1.82, 2.24) is 9.97 Å². The summed E-state index contributed by atoms with van der Waals surface area (Å²) in [6, 6.07) is 0. The average Bonchev–Trinajstić information content (AvgIpc) is 2.34. The minimum absolute atomic E-state index is 0.343. The van der Waals surface area contributed by atoms with Gasteiger partial charge in [-0.3, -0.25) is 9.78 Å². The van der Waals surface area contributed by atoms with E-state index in [0.29, 0.717) is 6.92 Å². The van der Waals surface area contributed by atoms with Crippen LogP contribution in [-0.2, 0) is 5.92 Å². The first-order valence-electron chi connectivity index (χ1n) is 5.74. The Bertz CT molecular complexity index is 774. The van der Waals surface area contributed by atoms with Crippen LogP contribution < -0.4 is 11.2 Å². The maximum Gasteiger partial charge on any atom is 0.460 e. The van der Waals surface area contributed by atoms with Crippen LogP contribution >= 0.6 is 0 Å². The molecule has 0 fully saturated rings. The fourth-order valence-corrected chi connectivity index (χ4v) is 1.71. The lowest BCUT2D eigenvalue weighted by atomic mass is 9.93. The maximum atomic E-state index is 13.7. The van der Waals surface area contributed by atoms with Gasteiger partial charge >= 0.3 is 35.6 Å². The van der Waals surface area contributed by atoms with E-state index in [0.717, 1.165) is 4.98 Å². The Kier molecular flexibility index (Phi) is 4.57. The molecule has 0 aliphatic carbocycles. The molecule has 0 unspecified atom stereocenters. The van der Waals surface area contributed by atoms with Gasteiger partial charge in [0.15, 0.2) is 0 Å². The van der Waals surface area contributed by atoms with Crippen LogP contribution in [0, 0.1) is 6.92 Å². The topological polar surface area (TPSA) is 65.7 Å². The number of nitrogens with one attached hydrogen (secondary N) is 2. The van der Waals surface area contributed by atoms with Crippen molar-refractivity contribution in [1.29, 1.82) is 0 Å². The van der Waals surface area contributed by atoms with Crippen LogP contribution in [0.1, 0.15) is 11.3 Å². The third-order valence-electron chi connectivity index (χ3n) is 2.98. The summed E-state index contributed by atoms with van der Waals surface area (Å²) in [6.45, 7) is 0.343. The third kappa shape index (κ3) is 2.78. The van der Waals surface area contributed by atoms with Gasteiger partial charge < -0.3 is 4.98 Å². The average molecular weight is 394 g/mol. The Morgan fingerprint density at radius 1 is 0.680 bits per heavy atom. The quantitative estimate of drug-likeness (QED) is 0.772. The summed E-state index contributed by atoms with van der Waals surface area (Å²) in [6.07, 6.45) is -7.30. The van der Waals surface area contributed by atoms with E-state index in [4.69, 9.17) is 0 Å². The fraction of sp³-hybridized carbons (Fsp3) is 0.600. The van der Waals surface area contributed by atoms with Gasteiger partial charge in [0.2, 0.25) is 0 Å². The van der Waals surface area contributed by atoms with E-state index < -0.39 is 52.4 Å². The first-order valence-corrected chi connectivity index (χ1v) is 5.74. The molecule has 0 aliphatic heterocycles. The molecule has 1 rings (SSSR count). The molecule has 2 N–H and O–H groups in total. The van der Waals surface area contributed by atoms with E-state index in [9.17, 15) is 57.9 Å². The molecule has 25 heavy (non-hydrogen) atoms. The van der Waals surface area contributed by atoms with Crippen molar-refractivity contribution in [3.8, 4) is 0 Å². The van der Waals surface area contributed by atoms with Crippen molar-refractivity contribution in [2.24, 2.45) is 0 Å². The molecule has 0 amide bonds. The molecule has 1 heterocycles. The largest absolute Gasteiger partial charge is 0.460 e. The van der Waals surface area contributed by atoms with Crippen LogP contribution in [0.2, 0.25) is 0 Å². The Morgan fingerprint density at radius 2 is 1.12 bits per heavy atom. The molecule has 0 saturated carbocycles. The second-order valence-corrected chi connectivity index (χ2v) is 4.70. The Morgan fingerprint density at radius 3 is 1.48 bits per heavy atom. The zero-order valence-electron chi connectivity index (χ0n) is 11.5. The monoisotopic (exact) mass is 394 g/mol. The molecule has 144 valence electrons. The molecule has 0 bridgehead atoms. The molecular weight excluding hydrogens is 389 g/mol. The molecule has 0 saturated heterocycles. The highest BCUT2D eigenvalue weighted by atomic mass is 19.4. The van der Waals surface area contributed by atoms with Gasteiger partial charge in [-0.1, -0.05) is 0 Å². The Hall–Kier alpha value is -2.09. The van der Waals surface area contributed by atoms with Gasteiger partial charge in [-0.05, 0) is 6.92 Å². The van der Waals surface area contributed by atoms with Gasteiger partial charge in [0.05, 0.1) is 0 Å². The molecule has 0 aliphatic rings. The second kappa shape index (κ2) is 5.45. The summed E-state index contributed by atoms with van der Waals surface area (Å²) < 4.78 is 142. The van der Waals surface area contributed by atoms with Gasteiger partial charge in [0.25, 0.3) is 5.56 Å². The van der Waals surface area contributed by atoms with Crippen LogP contribution in [0.5, 0.6) is 0 Å². The predicted octanol–water partition coefficient (Wildman–Crippen LogP) is 2.93. The maximum absolute atomic E-state index is 13.7. The SMILES string of the molecule is Cc1[nH]c(=O)[nH]c(=O)c1C(F)(F)C(F)(F)C(F)(F)C(F)(F)C(F)(F)F. The number of aryl methyl sites for hydroxylation is 1. The number of aromatic amines is 2. The number of hydrogen-bond acceptors (Lipinski definition) is 2. The second-order valence-electron chi connectivity index (χ2n) is 4.70. The summed E-state index contributed by atoms with van der Waals surface area (Å²) in [5, 5.41) is 0. The molecule has 1 aromatic heterocycles. The van der Waals surface area contributed by atoms with Crippen molar-refractivity contribution in [3.63, 3.8) is 0 Å². The van der Waals surface area contributed by atoms with E-state index in [1.807, 2.05) is 0 Å². The lowest BCUT2D eigenvalue weighted by Gasteiger charge is -2.37. The number of alkyl halides is 11. The van der Waals surface area contributed by atoms with Gasteiger partial charge in [0.1, 0.15) is 5.56 Å². The van der Waals surface area contributed by atoms with Crippen molar-refractivity contribution >= 4 is 0 Å². The van der Waals surface area contributed by atoms with Crippen molar-refractivity contribution in [2.75, 3.05) is 0 Å². The van der Waals surface area contributed by atoms with Crippen molar-refractivity contribution < 1.29 is 48.3 Å². The predicted molar refractivity (Wildman–Crippen MR) is 57.2 cm³/mol. The Balaban J connectivity index is 3.72. The lowest BCUT2D eigenvalue weighted by Crippen LogP contribution is -2.66. The van der Waals surface area contributed by atoms with E-state index >= 15 is 0 Å². The molecule has 15 heteroatoms. The van der Waals surface area contributed by atoms with E-state index in [1.54, 1.807) is 0 Å². The summed E-state index contributed by atoms with van der Waals surface area (Å²) in [5.41, 5.74) is -7.96. The van der Waals surface area contributed by atoms with Crippen LogP contribution in [-0.4, -0.2) is 33.9 Å². The highest BCUT2D eigenvalue weighted by molar-refractivity contribution is 5.26. The van der Waals surface area contributed by atoms with Crippen LogP contribution in [0.25, 0.3) is 0 Å². The van der Waals surface area contributed by atoms with Gasteiger partial charge in [-0.25, -0.2) is 4.79 Å². The number of rotatable bonds is 4. The number of halogens is 11.